The molecule has 18 heavy (non-hydrogen) atoms. The number of hydrogen-bond donors (Lipinski definition) is 0. The minimum absolute atomic E-state index is 0.0293. The average molecular weight is 299 g/mol. The third-order valence-corrected chi connectivity index (χ3v) is 3.89. The largest absolute Gasteiger partial charge is 0.298 e. The van der Waals surface area contributed by atoms with Crippen LogP contribution >= 0.6 is 35.0 Å². The Balaban J connectivity index is 2.46. The minimum Gasteiger partial charge on any atom is -0.298 e. The van der Waals surface area contributed by atoms with E-state index in [4.69, 9.17) is 23.2 Å². The van der Waals surface area contributed by atoms with Crippen LogP contribution in [0.1, 0.15) is 15.9 Å². The van der Waals surface area contributed by atoms with E-state index in [0.717, 1.165) is 10.5 Å². The predicted molar refractivity (Wildman–Crippen MR) is 72.7 cm³/mol. The van der Waals surface area contributed by atoms with Gasteiger partial charge in [0.05, 0.1) is 5.56 Å². The van der Waals surface area contributed by atoms with Crippen LogP contribution in [0.3, 0.4) is 0 Å². The lowest BCUT2D eigenvalue weighted by Gasteiger charge is -2.07. The summed E-state index contributed by atoms with van der Waals surface area (Å²) in [5.74, 6) is 0. The Labute approximate surface area is 119 Å². The standard InChI is InChI=1S/C12H8Cl2N2OS/c1-7-4-2-3-5-9(7)18-11-8(6-17)10(13)15-12(14)16-11/h2-6H,1H3. The summed E-state index contributed by atoms with van der Waals surface area (Å²) in [4.78, 5) is 19.8. The number of hydrogen-bond acceptors (Lipinski definition) is 4. The van der Waals surface area contributed by atoms with E-state index >= 15 is 0 Å². The van der Waals surface area contributed by atoms with Gasteiger partial charge in [0.25, 0.3) is 0 Å². The molecule has 0 saturated heterocycles. The van der Waals surface area contributed by atoms with Gasteiger partial charge in [-0.15, -0.1) is 0 Å². The van der Waals surface area contributed by atoms with E-state index in [9.17, 15) is 4.79 Å². The Bertz CT molecular complexity index is 605. The van der Waals surface area contributed by atoms with Crippen molar-refractivity contribution in [2.75, 3.05) is 0 Å². The van der Waals surface area contributed by atoms with Crippen molar-refractivity contribution in [1.29, 1.82) is 0 Å². The molecule has 92 valence electrons. The zero-order valence-electron chi connectivity index (χ0n) is 9.35. The van der Waals surface area contributed by atoms with Crippen molar-refractivity contribution in [3.05, 3.63) is 45.8 Å². The van der Waals surface area contributed by atoms with E-state index in [1.807, 2.05) is 31.2 Å². The van der Waals surface area contributed by atoms with E-state index in [0.29, 0.717) is 11.3 Å². The van der Waals surface area contributed by atoms with Crippen molar-refractivity contribution in [2.45, 2.75) is 16.8 Å². The molecule has 0 fully saturated rings. The molecule has 0 aliphatic heterocycles. The quantitative estimate of drug-likeness (QED) is 0.487. The van der Waals surface area contributed by atoms with Crippen LogP contribution < -0.4 is 0 Å². The van der Waals surface area contributed by atoms with Gasteiger partial charge in [0.2, 0.25) is 5.28 Å². The first-order valence-corrected chi connectivity index (χ1v) is 6.60. The van der Waals surface area contributed by atoms with E-state index in [-0.39, 0.29) is 16.0 Å². The van der Waals surface area contributed by atoms with Crippen molar-refractivity contribution in [1.82, 2.24) is 9.97 Å². The van der Waals surface area contributed by atoms with Gasteiger partial charge in [-0.1, -0.05) is 41.6 Å². The Morgan fingerprint density at radius 2 is 1.94 bits per heavy atom. The van der Waals surface area contributed by atoms with E-state index in [1.54, 1.807) is 0 Å². The normalized spacial score (nSPS) is 10.4. The fraction of sp³-hybridized carbons (Fsp3) is 0.0833. The fourth-order valence-corrected chi connectivity index (χ4v) is 2.85. The van der Waals surface area contributed by atoms with Crippen LogP contribution in [0.15, 0.2) is 34.2 Å². The van der Waals surface area contributed by atoms with Gasteiger partial charge in [0.1, 0.15) is 10.2 Å². The van der Waals surface area contributed by atoms with Crippen molar-refractivity contribution < 1.29 is 4.79 Å². The molecule has 0 atom stereocenters. The predicted octanol–water partition coefficient (Wildman–Crippen LogP) is 4.06. The molecular weight excluding hydrogens is 291 g/mol. The zero-order chi connectivity index (χ0) is 13.1. The maximum Gasteiger partial charge on any atom is 0.224 e. The number of aldehydes is 1. The average Bonchev–Trinajstić information content (AvgIpc) is 2.31. The third kappa shape index (κ3) is 2.83. The lowest BCUT2D eigenvalue weighted by molar-refractivity contribution is 0.112. The molecule has 1 aromatic carbocycles. The van der Waals surface area contributed by atoms with E-state index in [2.05, 4.69) is 9.97 Å². The molecule has 0 unspecified atom stereocenters. The van der Waals surface area contributed by atoms with Gasteiger partial charge in [-0.05, 0) is 30.2 Å². The van der Waals surface area contributed by atoms with Crippen LogP contribution in [-0.4, -0.2) is 16.3 Å². The molecule has 0 radical (unpaired) electrons. The molecule has 0 bridgehead atoms. The maximum absolute atomic E-state index is 11.0. The number of nitrogens with zero attached hydrogens (tertiary/aromatic N) is 2. The SMILES string of the molecule is Cc1ccccc1Sc1nc(Cl)nc(Cl)c1C=O. The highest BCUT2D eigenvalue weighted by Crippen LogP contribution is 2.33. The molecule has 0 N–H and O–H groups in total. The van der Waals surface area contributed by atoms with Gasteiger partial charge in [0.15, 0.2) is 6.29 Å². The van der Waals surface area contributed by atoms with Gasteiger partial charge >= 0.3 is 0 Å². The highest BCUT2D eigenvalue weighted by molar-refractivity contribution is 7.99. The number of aromatic nitrogens is 2. The molecule has 0 aliphatic carbocycles. The van der Waals surface area contributed by atoms with Gasteiger partial charge in [-0.25, -0.2) is 9.97 Å². The maximum atomic E-state index is 11.0. The van der Waals surface area contributed by atoms with Crippen LogP contribution in [0.2, 0.25) is 10.4 Å². The van der Waals surface area contributed by atoms with Crippen LogP contribution in [-0.2, 0) is 0 Å². The smallest absolute Gasteiger partial charge is 0.224 e. The molecule has 6 heteroatoms. The topological polar surface area (TPSA) is 42.9 Å². The van der Waals surface area contributed by atoms with Crippen molar-refractivity contribution in [3.63, 3.8) is 0 Å². The molecule has 0 aliphatic rings. The summed E-state index contributed by atoms with van der Waals surface area (Å²) in [5.41, 5.74) is 1.35. The highest BCUT2D eigenvalue weighted by Gasteiger charge is 2.13. The summed E-state index contributed by atoms with van der Waals surface area (Å²) >= 11 is 13.0. The molecule has 0 spiro atoms. The second-order valence-corrected chi connectivity index (χ2v) is 5.21. The van der Waals surface area contributed by atoms with Crippen molar-refractivity contribution in [2.24, 2.45) is 0 Å². The molecule has 1 heterocycles. The number of rotatable bonds is 3. The zero-order valence-corrected chi connectivity index (χ0v) is 11.7. The number of aryl methyl sites for hydroxylation is 1. The third-order valence-electron chi connectivity index (χ3n) is 2.25. The first-order chi connectivity index (χ1) is 8.61. The molecule has 0 amide bonds. The van der Waals surface area contributed by atoms with E-state index in [1.165, 1.54) is 11.8 Å². The second-order valence-electron chi connectivity index (χ2n) is 3.49. The summed E-state index contributed by atoms with van der Waals surface area (Å²) in [6.45, 7) is 1.98. The molecule has 2 aromatic rings. The second kappa shape index (κ2) is 5.69. The summed E-state index contributed by atoms with van der Waals surface area (Å²) in [6, 6.07) is 7.78. The number of carbonyl (C=O) groups excluding carboxylic acids is 1. The van der Waals surface area contributed by atoms with E-state index < -0.39 is 0 Å². The highest BCUT2D eigenvalue weighted by atomic mass is 35.5. The Hall–Kier alpha value is -1.10. The first kappa shape index (κ1) is 13.3. The minimum atomic E-state index is 0.0293. The first-order valence-electron chi connectivity index (χ1n) is 5.03. The summed E-state index contributed by atoms with van der Waals surface area (Å²) in [6.07, 6.45) is 0.638. The van der Waals surface area contributed by atoms with Gasteiger partial charge in [-0.3, -0.25) is 4.79 Å². The number of halogens is 2. The van der Waals surface area contributed by atoms with Crippen LogP contribution in [0.25, 0.3) is 0 Å². The van der Waals surface area contributed by atoms with Crippen molar-refractivity contribution in [3.8, 4) is 0 Å². The number of benzene rings is 1. The van der Waals surface area contributed by atoms with Gasteiger partial charge < -0.3 is 0 Å². The Morgan fingerprint density at radius 1 is 1.22 bits per heavy atom. The summed E-state index contributed by atoms with van der Waals surface area (Å²) in [5, 5.41) is 0.562. The van der Waals surface area contributed by atoms with Crippen LogP contribution in [0.5, 0.6) is 0 Å². The Morgan fingerprint density at radius 3 is 2.61 bits per heavy atom. The molecular formula is C12H8Cl2N2OS. The molecule has 2 rings (SSSR count). The lowest BCUT2D eigenvalue weighted by Crippen LogP contribution is -1.96. The Kier molecular flexibility index (Phi) is 4.22. The summed E-state index contributed by atoms with van der Waals surface area (Å²) in [7, 11) is 0. The van der Waals surface area contributed by atoms with Gasteiger partial charge in [0, 0.05) is 4.90 Å². The van der Waals surface area contributed by atoms with Crippen molar-refractivity contribution >= 4 is 41.2 Å². The molecule has 1 aromatic heterocycles. The lowest BCUT2D eigenvalue weighted by atomic mass is 10.2. The van der Waals surface area contributed by atoms with Crippen LogP contribution in [0, 0.1) is 6.92 Å². The molecule has 3 nitrogen and oxygen atoms in total. The monoisotopic (exact) mass is 298 g/mol. The summed E-state index contributed by atoms with van der Waals surface area (Å²) < 4.78 is 0. The number of carbonyl (C=O) groups is 1. The molecule has 0 saturated carbocycles. The van der Waals surface area contributed by atoms with Gasteiger partial charge in [-0.2, -0.15) is 0 Å². The fourth-order valence-electron chi connectivity index (χ4n) is 1.35. The van der Waals surface area contributed by atoms with Crippen LogP contribution in [0.4, 0.5) is 0 Å².